The molecule has 3 aromatic carbocycles. The average Bonchev–Trinajstić information content (AvgIpc) is 3.31. The van der Waals surface area contributed by atoms with Gasteiger partial charge in [-0.15, -0.1) is 0 Å². The van der Waals surface area contributed by atoms with Crippen LogP contribution in [0.2, 0.25) is 0 Å². The monoisotopic (exact) mass is 410 g/mol. The second kappa shape index (κ2) is 9.09. The lowest BCUT2D eigenvalue weighted by molar-refractivity contribution is 0.0951. The minimum atomic E-state index is -0.559. The number of amides is 2. The van der Waals surface area contributed by atoms with Gasteiger partial charge in [0.15, 0.2) is 0 Å². The third kappa shape index (κ3) is 4.87. The van der Waals surface area contributed by atoms with Crippen molar-refractivity contribution in [1.82, 2.24) is 15.1 Å². The first-order valence-electron chi connectivity index (χ1n) is 9.93. The second-order valence-electron chi connectivity index (χ2n) is 7.19. The predicted molar refractivity (Wildman–Crippen MR) is 119 cm³/mol. The highest BCUT2D eigenvalue weighted by Gasteiger charge is 2.10. The topological polar surface area (TPSA) is 90.0 Å². The summed E-state index contributed by atoms with van der Waals surface area (Å²) in [4.78, 5) is 23.9. The Hall–Kier alpha value is -4.19. The van der Waals surface area contributed by atoms with Gasteiger partial charge in [0, 0.05) is 30.1 Å². The predicted octanol–water partition coefficient (Wildman–Crippen LogP) is 3.63. The van der Waals surface area contributed by atoms with E-state index in [2.05, 4.69) is 34.7 Å². The molecule has 0 saturated carbocycles. The van der Waals surface area contributed by atoms with Gasteiger partial charge in [0.25, 0.3) is 5.91 Å². The molecule has 0 aliphatic carbocycles. The number of nitrogens with one attached hydrogen (secondary N) is 1. The molecule has 0 spiro atoms. The summed E-state index contributed by atoms with van der Waals surface area (Å²) in [6.07, 6.45) is 3.70. The van der Waals surface area contributed by atoms with Crippen LogP contribution >= 0.6 is 0 Å². The first-order valence-corrected chi connectivity index (χ1v) is 9.93. The lowest BCUT2D eigenvalue weighted by atomic mass is 9.98. The molecule has 0 saturated heterocycles. The van der Waals surface area contributed by atoms with Gasteiger partial charge in [0.05, 0.1) is 6.54 Å². The van der Waals surface area contributed by atoms with E-state index in [0.29, 0.717) is 17.7 Å². The van der Waals surface area contributed by atoms with Crippen LogP contribution in [-0.4, -0.2) is 21.6 Å². The van der Waals surface area contributed by atoms with Gasteiger partial charge < -0.3 is 11.1 Å². The van der Waals surface area contributed by atoms with Crippen molar-refractivity contribution in [3.05, 3.63) is 114 Å². The quantitative estimate of drug-likeness (QED) is 0.488. The van der Waals surface area contributed by atoms with Crippen molar-refractivity contribution in [3.63, 3.8) is 0 Å². The molecule has 31 heavy (non-hydrogen) atoms. The Balaban J connectivity index is 1.48. The van der Waals surface area contributed by atoms with Gasteiger partial charge in [-0.25, -0.2) is 0 Å². The van der Waals surface area contributed by atoms with E-state index in [1.807, 2.05) is 41.2 Å². The Morgan fingerprint density at radius 1 is 0.903 bits per heavy atom. The Morgan fingerprint density at radius 2 is 1.68 bits per heavy atom. The lowest BCUT2D eigenvalue weighted by Gasteiger charge is -2.12. The molecule has 1 heterocycles. The molecule has 2 amide bonds. The minimum absolute atomic E-state index is 0.257. The van der Waals surface area contributed by atoms with Crippen molar-refractivity contribution < 1.29 is 9.59 Å². The van der Waals surface area contributed by atoms with Crippen molar-refractivity contribution in [2.75, 3.05) is 0 Å². The molecule has 4 aromatic rings. The summed E-state index contributed by atoms with van der Waals surface area (Å²) in [7, 11) is 0. The van der Waals surface area contributed by atoms with Crippen molar-refractivity contribution in [3.8, 4) is 11.1 Å². The third-order valence-electron chi connectivity index (χ3n) is 5.03. The average molecular weight is 410 g/mol. The van der Waals surface area contributed by atoms with Crippen molar-refractivity contribution in [2.45, 2.75) is 13.1 Å². The number of hydrogen-bond donors (Lipinski definition) is 2. The lowest BCUT2D eigenvalue weighted by Crippen LogP contribution is -2.23. The highest BCUT2D eigenvalue weighted by Crippen LogP contribution is 2.24. The summed E-state index contributed by atoms with van der Waals surface area (Å²) in [5.41, 5.74) is 10.3. The van der Waals surface area contributed by atoms with Gasteiger partial charge in [-0.05, 0) is 46.5 Å². The van der Waals surface area contributed by atoms with Crippen molar-refractivity contribution in [2.24, 2.45) is 5.73 Å². The molecular weight excluding hydrogens is 388 g/mol. The molecule has 0 fully saturated rings. The first-order chi connectivity index (χ1) is 15.1. The van der Waals surface area contributed by atoms with Crippen molar-refractivity contribution >= 4 is 11.8 Å². The van der Waals surface area contributed by atoms with Crippen LogP contribution < -0.4 is 11.1 Å². The molecule has 6 nitrogen and oxygen atoms in total. The summed E-state index contributed by atoms with van der Waals surface area (Å²) in [5.74, 6) is -0.816. The molecule has 1 aromatic heterocycles. The number of carbonyl (C=O) groups excluding carboxylic acids is 2. The fraction of sp³-hybridized carbons (Fsp3) is 0.0800. The van der Waals surface area contributed by atoms with Crippen LogP contribution in [0.4, 0.5) is 0 Å². The normalized spacial score (nSPS) is 10.6. The maximum absolute atomic E-state index is 12.6. The van der Waals surface area contributed by atoms with Gasteiger partial charge in [0.2, 0.25) is 5.91 Å². The highest BCUT2D eigenvalue weighted by atomic mass is 16.2. The fourth-order valence-corrected chi connectivity index (χ4v) is 3.42. The highest BCUT2D eigenvalue weighted by molar-refractivity contribution is 5.99. The first kappa shape index (κ1) is 20.1. The van der Waals surface area contributed by atoms with E-state index in [9.17, 15) is 9.59 Å². The zero-order valence-electron chi connectivity index (χ0n) is 16.9. The van der Waals surface area contributed by atoms with Crippen LogP contribution in [0.3, 0.4) is 0 Å². The Kier molecular flexibility index (Phi) is 5.89. The molecule has 0 atom stereocenters. The number of carbonyl (C=O) groups is 2. The van der Waals surface area contributed by atoms with E-state index in [1.165, 1.54) is 6.07 Å². The van der Waals surface area contributed by atoms with Crippen LogP contribution in [0.15, 0.2) is 91.3 Å². The maximum atomic E-state index is 12.6. The molecule has 0 unspecified atom stereocenters. The van der Waals surface area contributed by atoms with E-state index >= 15 is 0 Å². The largest absolute Gasteiger partial charge is 0.366 e. The molecule has 154 valence electrons. The summed E-state index contributed by atoms with van der Waals surface area (Å²) >= 11 is 0. The summed E-state index contributed by atoms with van der Waals surface area (Å²) in [6.45, 7) is 1.08. The summed E-state index contributed by atoms with van der Waals surface area (Å²) < 4.78 is 1.88. The maximum Gasteiger partial charge on any atom is 0.251 e. The number of rotatable bonds is 7. The number of nitrogens with two attached hydrogens (primary N) is 1. The van der Waals surface area contributed by atoms with E-state index < -0.39 is 5.91 Å². The molecule has 6 heteroatoms. The molecule has 0 aliphatic rings. The molecule has 0 radical (unpaired) electrons. The minimum Gasteiger partial charge on any atom is -0.366 e. The van der Waals surface area contributed by atoms with Crippen molar-refractivity contribution in [1.29, 1.82) is 0 Å². The van der Waals surface area contributed by atoms with Gasteiger partial charge in [-0.3, -0.25) is 14.3 Å². The second-order valence-corrected chi connectivity index (χ2v) is 7.19. The fourth-order valence-electron chi connectivity index (χ4n) is 3.42. The standard InChI is InChI=1S/C25H22N4O2/c26-24(30)20-6-3-7-21(15-20)25(31)27-16-22-5-1-2-8-23(22)19-11-9-18(10-12-19)17-29-14-4-13-28-29/h1-15H,16-17H2,(H2,26,30)(H,27,31). The molecular formula is C25H22N4O2. The van der Waals surface area contributed by atoms with Crippen LogP contribution in [0.1, 0.15) is 31.8 Å². The van der Waals surface area contributed by atoms with Gasteiger partial charge in [-0.1, -0.05) is 54.6 Å². The van der Waals surface area contributed by atoms with E-state index in [-0.39, 0.29) is 5.91 Å². The third-order valence-corrected chi connectivity index (χ3v) is 5.03. The molecule has 4 rings (SSSR count). The summed E-state index contributed by atoms with van der Waals surface area (Å²) in [6, 6.07) is 24.6. The van der Waals surface area contributed by atoms with E-state index in [4.69, 9.17) is 5.73 Å². The van der Waals surface area contributed by atoms with E-state index in [1.54, 1.807) is 24.4 Å². The van der Waals surface area contributed by atoms with Crippen LogP contribution in [0.5, 0.6) is 0 Å². The Morgan fingerprint density at radius 3 is 2.42 bits per heavy atom. The van der Waals surface area contributed by atoms with Crippen LogP contribution in [-0.2, 0) is 13.1 Å². The van der Waals surface area contributed by atoms with Gasteiger partial charge >= 0.3 is 0 Å². The SMILES string of the molecule is NC(=O)c1cccc(C(=O)NCc2ccccc2-c2ccc(Cn3cccn3)cc2)c1. The van der Waals surface area contributed by atoms with Crippen LogP contribution in [0, 0.1) is 0 Å². The van der Waals surface area contributed by atoms with Crippen LogP contribution in [0.25, 0.3) is 11.1 Å². The number of benzene rings is 3. The molecule has 0 aliphatic heterocycles. The van der Waals surface area contributed by atoms with E-state index in [0.717, 1.165) is 28.8 Å². The number of aromatic nitrogens is 2. The smallest absolute Gasteiger partial charge is 0.251 e. The number of nitrogens with zero attached hydrogens (tertiary/aromatic N) is 2. The zero-order chi connectivity index (χ0) is 21.6. The Bertz CT molecular complexity index is 1200. The molecule has 3 N–H and O–H groups in total. The number of hydrogen-bond acceptors (Lipinski definition) is 3. The Labute approximate surface area is 180 Å². The zero-order valence-corrected chi connectivity index (χ0v) is 16.9. The number of primary amides is 1. The van der Waals surface area contributed by atoms with Gasteiger partial charge in [-0.2, -0.15) is 5.10 Å². The van der Waals surface area contributed by atoms with Gasteiger partial charge in [0.1, 0.15) is 0 Å². The molecule has 0 bridgehead atoms. The summed E-state index contributed by atoms with van der Waals surface area (Å²) in [5, 5.41) is 7.17.